The highest BCUT2D eigenvalue weighted by molar-refractivity contribution is 5.82. The van der Waals surface area contributed by atoms with Gasteiger partial charge in [-0.3, -0.25) is 9.69 Å². The minimum absolute atomic E-state index is 0.172. The number of carbonyl (C=O) groups is 1. The first-order valence-corrected chi connectivity index (χ1v) is 8.18. The van der Waals surface area contributed by atoms with Gasteiger partial charge in [-0.2, -0.15) is 0 Å². The van der Waals surface area contributed by atoms with Crippen molar-refractivity contribution in [3.05, 3.63) is 53.8 Å². The molecule has 0 bridgehead atoms. The van der Waals surface area contributed by atoms with E-state index in [1.807, 2.05) is 32.0 Å². The van der Waals surface area contributed by atoms with Crippen molar-refractivity contribution in [2.45, 2.75) is 19.9 Å². The number of likely N-dealkylation sites (tertiary alicyclic amines) is 1. The number of ether oxygens (including phenoxy) is 1. The molecule has 1 N–H and O–H groups in total. The van der Waals surface area contributed by atoms with Crippen molar-refractivity contribution in [1.29, 1.82) is 0 Å². The lowest BCUT2D eigenvalue weighted by Crippen LogP contribution is -2.39. The van der Waals surface area contributed by atoms with Gasteiger partial charge in [0.15, 0.2) is 0 Å². The number of fused-ring (bicyclic) bond motifs is 1. The summed E-state index contributed by atoms with van der Waals surface area (Å²) in [6.07, 6.45) is 3.47. The Hall–Kier alpha value is -2.07. The van der Waals surface area contributed by atoms with Gasteiger partial charge in [0, 0.05) is 19.0 Å². The van der Waals surface area contributed by atoms with Crippen molar-refractivity contribution in [3.63, 3.8) is 0 Å². The molecule has 3 atom stereocenters. The molecule has 3 rings (SSSR count). The molecule has 1 aromatic carbocycles. The maximum Gasteiger partial charge on any atom is 0.323 e. The van der Waals surface area contributed by atoms with Crippen LogP contribution < -0.4 is 0 Å². The first kappa shape index (κ1) is 15.8. The lowest BCUT2D eigenvalue weighted by Gasteiger charge is -2.23. The number of aliphatic hydroxyl groups is 1. The molecule has 0 amide bonds. The van der Waals surface area contributed by atoms with Crippen LogP contribution in [0.5, 0.6) is 0 Å². The first-order valence-electron chi connectivity index (χ1n) is 8.18. The van der Waals surface area contributed by atoms with Gasteiger partial charge in [0.2, 0.25) is 0 Å². The molecule has 122 valence electrons. The summed E-state index contributed by atoms with van der Waals surface area (Å²) in [5, 5.41) is 9.75. The Morgan fingerprint density at radius 3 is 2.78 bits per heavy atom. The zero-order valence-electron chi connectivity index (χ0n) is 13.6. The molecule has 1 heterocycles. The smallest absolute Gasteiger partial charge is 0.323 e. The van der Waals surface area contributed by atoms with Crippen molar-refractivity contribution < 1.29 is 14.6 Å². The number of allylic oxidation sites excluding steroid dienone is 1. The second-order valence-corrected chi connectivity index (χ2v) is 6.18. The zero-order chi connectivity index (χ0) is 16.4. The molecule has 1 aliphatic heterocycles. The third-order valence-electron chi connectivity index (χ3n) is 4.88. The predicted octanol–water partition coefficient (Wildman–Crippen LogP) is 3.03. The van der Waals surface area contributed by atoms with Crippen molar-refractivity contribution >= 4 is 11.5 Å². The molecule has 0 spiro atoms. The van der Waals surface area contributed by atoms with Gasteiger partial charge >= 0.3 is 5.97 Å². The number of nitrogens with zero attached hydrogens (tertiary/aromatic N) is 1. The van der Waals surface area contributed by atoms with E-state index in [9.17, 15) is 9.90 Å². The van der Waals surface area contributed by atoms with Crippen LogP contribution in [-0.2, 0) is 9.53 Å². The maximum absolute atomic E-state index is 11.9. The Morgan fingerprint density at radius 1 is 1.39 bits per heavy atom. The van der Waals surface area contributed by atoms with Crippen LogP contribution in [0.15, 0.2) is 48.2 Å². The number of carbonyl (C=O) groups excluding carboxylic acids is 1. The van der Waals surface area contributed by atoms with E-state index in [1.165, 1.54) is 6.26 Å². The Morgan fingerprint density at radius 2 is 2.13 bits per heavy atom. The van der Waals surface area contributed by atoms with Crippen LogP contribution in [0.1, 0.15) is 19.4 Å². The molecule has 1 aliphatic carbocycles. The number of hydrogen-bond acceptors (Lipinski definition) is 4. The number of rotatable bonds is 4. The van der Waals surface area contributed by atoms with Crippen LogP contribution in [0.4, 0.5) is 0 Å². The largest absolute Gasteiger partial charge is 0.515 e. The molecule has 4 heteroatoms. The van der Waals surface area contributed by atoms with Crippen LogP contribution in [0.2, 0.25) is 0 Å². The van der Waals surface area contributed by atoms with Gasteiger partial charge in [-0.15, -0.1) is 0 Å². The molecular weight excluding hydrogens is 290 g/mol. The summed E-state index contributed by atoms with van der Waals surface area (Å²) in [6, 6.07) is 9.90. The molecule has 1 aromatic rings. The van der Waals surface area contributed by atoms with E-state index >= 15 is 0 Å². The van der Waals surface area contributed by atoms with Gasteiger partial charge in [0.25, 0.3) is 0 Å². The first-order chi connectivity index (χ1) is 11.2. The van der Waals surface area contributed by atoms with Crippen molar-refractivity contribution in [1.82, 2.24) is 4.90 Å². The summed E-state index contributed by atoms with van der Waals surface area (Å²) in [5.74, 6) is 0.404. The second-order valence-electron chi connectivity index (χ2n) is 6.18. The van der Waals surface area contributed by atoms with E-state index < -0.39 is 0 Å². The fraction of sp³-hybridized carbons (Fsp3) is 0.421. The van der Waals surface area contributed by atoms with E-state index in [-0.39, 0.29) is 17.9 Å². The summed E-state index contributed by atoms with van der Waals surface area (Å²) >= 11 is 0. The highest BCUT2D eigenvalue weighted by atomic mass is 16.5. The van der Waals surface area contributed by atoms with Crippen molar-refractivity contribution in [2.75, 3.05) is 19.7 Å². The number of aliphatic hydroxyl groups excluding tert-OH is 1. The van der Waals surface area contributed by atoms with Crippen LogP contribution in [0.25, 0.3) is 5.57 Å². The molecule has 1 fully saturated rings. The Bertz CT molecular complexity index is 635. The predicted molar refractivity (Wildman–Crippen MR) is 89.8 cm³/mol. The Labute approximate surface area is 137 Å². The normalized spacial score (nSPS) is 26.9. The molecule has 3 unspecified atom stereocenters. The quantitative estimate of drug-likeness (QED) is 0.686. The lowest BCUT2D eigenvalue weighted by molar-refractivity contribution is -0.148. The van der Waals surface area contributed by atoms with Crippen molar-refractivity contribution in [3.8, 4) is 0 Å². The van der Waals surface area contributed by atoms with E-state index in [4.69, 9.17) is 4.74 Å². The molecule has 0 saturated carbocycles. The van der Waals surface area contributed by atoms with Gasteiger partial charge in [0.1, 0.15) is 6.04 Å². The number of benzene rings is 1. The second kappa shape index (κ2) is 6.59. The Balaban J connectivity index is 1.78. The van der Waals surface area contributed by atoms with Crippen LogP contribution in [-0.4, -0.2) is 41.7 Å². The average Bonchev–Trinajstić information content (AvgIpc) is 3.12. The van der Waals surface area contributed by atoms with Gasteiger partial charge < -0.3 is 9.84 Å². The fourth-order valence-electron chi connectivity index (χ4n) is 3.64. The summed E-state index contributed by atoms with van der Waals surface area (Å²) in [4.78, 5) is 14.1. The number of hydrogen-bond donors (Lipinski definition) is 1. The summed E-state index contributed by atoms with van der Waals surface area (Å²) in [7, 11) is 0. The highest BCUT2D eigenvalue weighted by Crippen LogP contribution is 2.45. The van der Waals surface area contributed by atoms with Crippen LogP contribution in [0.3, 0.4) is 0 Å². The summed E-state index contributed by atoms with van der Waals surface area (Å²) < 4.78 is 5.12. The molecule has 0 aromatic heterocycles. The van der Waals surface area contributed by atoms with Gasteiger partial charge in [-0.1, -0.05) is 36.4 Å². The van der Waals surface area contributed by atoms with Gasteiger partial charge in [0.05, 0.1) is 12.9 Å². The Kier molecular flexibility index (Phi) is 4.53. The minimum atomic E-state index is -0.242. The maximum atomic E-state index is 11.9. The molecule has 23 heavy (non-hydrogen) atoms. The standard InChI is InChI=1S/C19H23NO3/c1-3-23-19(22)13(2)20-10-15-9-16(14-7-5-4-6-8-14)18(12-21)17(15)11-20/h4-9,12-13,15,17,21H,3,10-11H2,1-2H3/b18-12+. The third kappa shape index (κ3) is 2.91. The zero-order valence-corrected chi connectivity index (χ0v) is 13.6. The van der Waals surface area contributed by atoms with Crippen LogP contribution >= 0.6 is 0 Å². The SMILES string of the molecule is CCOC(=O)C(C)N1CC2C=C(c3ccccc3)/C(=C\O)C2C1. The molecular formula is C19H23NO3. The van der Waals surface area contributed by atoms with Crippen LogP contribution in [0, 0.1) is 11.8 Å². The van der Waals surface area contributed by atoms with Crippen molar-refractivity contribution in [2.24, 2.45) is 11.8 Å². The van der Waals surface area contributed by atoms with Gasteiger partial charge in [-0.05, 0) is 36.5 Å². The molecule has 1 saturated heterocycles. The van der Waals surface area contributed by atoms with E-state index in [0.29, 0.717) is 12.5 Å². The monoisotopic (exact) mass is 313 g/mol. The summed E-state index contributed by atoms with van der Waals surface area (Å²) in [5.41, 5.74) is 3.22. The van der Waals surface area contributed by atoms with Gasteiger partial charge in [-0.25, -0.2) is 0 Å². The fourth-order valence-corrected chi connectivity index (χ4v) is 3.64. The number of esters is 1. The average molecular weight is 313 g/mol. The van der Waals surface area contributed by atoms with E-state index in [0.717, 1.165) is 29.8 Å². The molecule has 0 radical (unpaired) electrons. The summed E-state index contributed by atoms with van der Waals surface area (Å²) in [6.45, 7) is 5.71. The topological polar surface area (TPSA) is 49.8 Å². The molecule has 4 nitrogen and oxygen atoms in total. The lowest BCUT2D eigenvalue weighted by atomic mass is 9.93. The molecule has 2 aliphatic rings. The third-order valence-corrected chi connectivity index (χ3v) is 4.88. The minimum Gasteiger partial charge on any atom is -0.515 e. The highest BCUT2D eigenvalue weighted by Gasteiger charge is 2.42. The van der Waals surface area contributed by atoms with E-state index in [1.54, 1.807) is 0 Å². The van der Waals surface area contributed by atoms with E-state index in [2.05, 4.69) is 23.1 Å².